The molecule has 0 radical (unpaired) electrons. The molecule has 2 amide bonds. The van der Waals surface area contributed by atoms with Crippen molar-refractivity contribution in [2.75, 3.05) is 37.6 Å². The quantitative estimate of drug-likeness (QED) is 0.792. The molecule has 4 rings (SSSR count). The van der Waals surface area contributed by atoms with Crippen LogP contribution in [0.25, 0.3) is 0 Å². The highest BCUT2D eigenvalue weighted by atomic mass is 32.1. The van der Waals surface area contributed by atoms with E-state index in [1.807, 2.05) is 47.2 Å². The Morgan fingerprint density at radius 2 is 1.89 bits per heavy atom. The van der Waals surface area contributed by atoms with Crippen LogP contribution in [0.5, 0.6) is 0 Å². The molecule has 0 spiro atoms. The van der Waals surface area contributed by atoms with Crippen LogP contribution in [-0.2, 0) is 22.4 Å². The summed E-state index contributed by atoms with van der Waals surface area (Å²) in [5.41, 5.74) is 3.26. The summed E-state index contributed by atoms with van der Waals surface area (Å²) >= 11 is 1.54. The summed E-state index contributed by atoms with van der Waals surface area (Å²) in [5, 5.41) is 2.85. The predicted molar refractivity (Wildman–Crippen MR) is 111 cm³/mol. The first-order chi connectivity index (χ1) is 13.5. The summed E-state index contributed by atoms with van der Waals surface area (Å²) in [5.74, 6) is 0.282. The largest absolute Gasteiger partial charge is 0.340 e. The SMILES string of the molecule is Cc1csc(CC(=O)N2CCN([C@@H](C)C(=O)N3CCc4ccccc43)CC2)n1. The van der Waals surface area contributed by atoms with Gasteiger partial charge in [0, 0.05) is 49.5 Å². The van der Waals surface area contributed by atoms with Crippen LogP contribution >= 0.6 is 11.3 Å². The van der Waals surface area contributed by atoms with Gasteiger partial charge in [0.25, 0.3) is 0 Å². The van der Waals surface area contributed by atoms with Gasteiger partial charge in [-0.05, 0) is 31.9 Å². The van der Waals surface area contributed by atoms with Gasteiger partial charge in [-0.2, -0.15) is 0 Å². The lowest BCUT2D eigenvalue weighted by Crippen LogP contribution is -2.55. The fraction of sp³-hybridized carbons (Fsp3) is 0.476. The molecular weight excluding hydrogens is 372 g/mol. The predicted octanol–water partition coefficient (Wildman–Crippen LogP) is 2.12. The number of carbonyl (C=O) groups is 2. The Kier molecular flexibility index (Phi) is 5.46. The van der Waals surface area contributed by atoms with Gasteiger partial charge < -0.3 is 9.80 Å². The number of rotatable bonds is 4. The molecule has 2 aliphatic heterocycles. The number of carbonyl (C=O) groups excluding carboxylic acids is 2. The molecule has 1 atom stereocenters. The normalized spacial score (nSPS) is 18.2. The van der Waals surface area contributed by atoms with Gasteiger partial charge in [0.2, 0.25) is 11.8 Å². The third kappa shape index (κ3) is 3.82. The molecular formula is C21H26N4O2S. The number of para-hydroxylation sites is 1. The van der Waals surface area contributed by atoms with E-state index in [9.17, 15) is 9.59 Å². The maximum absolute atomic E-state index is 13.1. The van der Waals surface area contributed by atoms with Crippen LogP contribution in [0, 0.1) is 6.92 Å². The first-order valence-corrected chi connectivity index (χ1v) is 10.7. The number of hydrogen-bond donors (Lipinski definition) is 0. The lowest BCUT2D eigenvalue weighted by atomic mass is 10.1. The topological polar surface area (TPSA) is 56.8 Å². The van der Waals surface area contributed by atoms with Crippen LogP contribution in [0.4, 0.5) is 5.69 Å². The average Bonchev–Trinajstić information content (AvgIpc) is 3.33. The molecule has 0 aliphatic carbocycles. The Balaban J connectivity index is 1.32. The molecule has 0 N–H and O–H groups in total. The summed E-state index contributed by atoms with van der Waals surface area (Å²) in [4.78, 5) is 36.0. The van der Waals surface area contributed by atoms with E-state index in [0.717, 1.165) is 42.4 Å². The number of aromatic nitrogens is 1. The Hall–Kier alpha value is -2.25. The van der Waals surface area contributed by atoms with E-state index in [4.69, 9.17) is 0 Å². The Morgan fingerprint density at radius 1 is 1.14 bits per heavy atom. The van der Waals surface area contributed by atoms with Gasteiger partial charge in [-0.3, -0.25) is 14.5 Å². The van der Waals surface area contributed by atoms with Crippen molar-refractivity contribution < 1.29 is 9.59 Å². The van der Waals surface area contributed by atoms with Crippen LogP contribution in [0.3, 0.4) is 0 Å². The molecule has 0 unspecified atom stereocenters. The van der Waals surface area contributed by atoms with Crippen LogP contribution in [0.1, 0.15) is 23.2 Å². The Bertz CT molecular complexity index is 873. The summed E-state index contributed by atoms with van der Waals surface area (Å²) in [7, 11) is 0. The summed E-state index contributed by atoms with van der Waals surface area (Å²) < 4.78 is 0. The van der Waals surface area contributed by atoms with Crippen molar-refractivity contribution in [2.45, 2.75) is 32.7 Å². The number of thiazole rings is 1. The number of aryl methyl sites for hydroxylation is 1. The molecule has 1 saturated heterocycles. The fourth-order valence-electron chi connectivity index (χ4n) is 4.03. The number of hydrogen-bond acceptors (Lipinski definition) is 5. The number of piperazine rings is 1. The molecule has 6 nitrogen and oxygen atoms in total. The molecule has 3 heterocycles. The average molecular weight is 399 g/mol. The molecule has 28 heavy (non-hydrogen) atoms. The summed E-state index contributed by atoms with van der Waals surface area (Å²) in [6.45, 7) is 7.47. The maximum atomic E-state index is 13.1. The highest BCUT2D eigenvalue weighted by molar-refractivity contribution is 7.09. The van der Waals surface area contributed by atoms with Crippen LogP contribution in [0.2, 0.25) is 0 Å². The van der Waals surface area contributed by atoms with Crippen molar-refractivity contribution >= 4 is 28.8 Å². The van der Waals surface area contributed by atoms with Crippen molar-refractivity contribution in [3.8, 4) is 0 Å². The molecule has 0 saturated carbocycles. The van der Waals surface area contributed by atoms with Gasteiger partial charge in [0.05, 0.1) is 12.5 Å². The smallest absolute Gasteiger partial charge is 0.244 e. The first-order valence-electron chi connectivity index (χ1n) is 9.85. The van der Waals surface area contributed by atoms with Gasteiger partial charge in [-0.1, -0.05) is 18.2 Å². The molecule has 1 fully saturated rings. The van der Waals surface area contributed by atoms with Gasteiger partial charge >= 0.3 is 0 Å². The zero-order valence-corrected chi connectivity index (χ0v) is 17.2. The number of fused-ring (bicyclic) bond motifs is 1. The Labute approximate surface area is 169 Å². The number of benzene rings is 1. The molecule has 1 aromatic heterocycles. The lowest BCUT2D eigenvalue weighted by molar-refractivity contribution is -0.133. The highest BCUT2D eigenvalue weighted by Crippen LogP contribution is 2.28. The van der Waals surface area contributed by atoms with Gasteiger partial charge in [-0.25, -0.2) is 4.98 Å². The minimum absolute atomic E-state index is 0.126. The van der Waals surface area contributed by atoms with E-state index < -0.39 is 0 Å². The minimum atomic E-state index is -0.176. The molecule has 2 aliphatic rings. The molecule has 148 valence electrons. The van der Waals surface area contributed by atoms with E-state index >= 15 is 0 Å². The standard InChI is InChI=1S/C21H26N4O2S/c1-15-14-28-19(22-15)13-20(26)24-11-9-23(10-12-24)16(2)21(27)25-8-7-17-5-3-4-6-18(17)25/h3-6,14,16H,7-13H2,1-2H3/t16-/m0/s1. The van der Waals surface area contributed by atoms with Gasteiger partial charge in [0.15, 0.2) is 0 Å². The zero-order chi connectivity index (χ0) is 19.7. The molecule has 7 heteroatoms. The van der Waals surface area contributed by atoms with Gasteiger partial charge in [-0.15, -0.1) is 11.3 Å². The number of anilines is 1. The van der Waals surface area contributed by atoms with Crippen LogP contribution in [-0.4, -0.2) is 65.4 Å². The van der Waals surface area contributed by atoms with Crippen molar-refractivity contribution in [1.29, 1.82) is 0 Å². The first kappa shape index (κ1) is 19.1. The second-order valence-corrected chi connectivity index (χ2v) is 8.46. The van der Waals surface area contributed by atoms with E-state index in [-0.39, 0.29) is 17.9 Å². The monoisotopic (exact) mass is 398 g/mol. The number of nitrogens with zero attached hydrogens (tertiary/aromatic N) is 4. The highest BCUT2D eigenvalue weighted by Gasteiger charge is 2.33. The van der Waals surface area contributed by atoms with Crippen molar-refractivity contribution in [3.05, 3.63) is 45.9 Å². The van der Waals surface area contributed by atoms with Crippen molar-refractivity contribution in [2.24, 2.45) is 0 Å². The molecule has 0 bridgehead atoms. The second-order valence-electron chi connectivity index (χ2n) is 7.52. The van der Waals surface area contributed by atoms with Crippen LogP contribution in [0.15, 0.2) is 29.6 Å². The zero-order valence-electron chi connectivity index (χ0n) is 16.4. The second kappa shape index (κ2) is 8.01. The van der Waals surface area contributed by atoms with E-state index in [2.05, 4.69) is 16.0 Å². The third-order valence-corrected chi connectivity index (χ3v) is 6.66. The van der Waals surface area contributed by atoms with Gasteiger partial charge in [0.1, 0.15) is 5.01 Å². The molecule has 1 aromatic carbocycles. The third-order valence-electron chi connectivity index (χ3n) is 5.69. The van der Waals surface area contributed by atoms with Crippen molar-refractivity contribution in [1.82, 2.24) is 14.8 Å². The molecule has 2 aromatic rings. The Morgan fingerprint density at radius 3 is 2.61 bits per heavy atom. The van der Waals surface area contributed by atoms with E-state index in [1.54, 1.807) is 11.3 Å². The van der Waals surface area contributed by atoms with E-state index in [1.165, 1.54) is 5.56 Å². The summed E-state index contributed by atoms with van der Waals surface area (Å²) in [6.07, 6.45) is 1.30. The van der Waals surface area contributed by atoms with E-state index in [0.29, 0.717) is 19.5 Å². The minimum Gasteiger partial charge on any atom is -0.340 e. The lowest BCUT2D eigenvalue weighted by Gasteiger charge is -2.38. The van der Waals surface area contributed by atoms with Crippen molar-refractivity contribution in [3.63, 3.8) is 0 Å². The maximum Gasteiger partial charge on any atom is 0.244 e. The summed E-state index contributed by atoms with van der Waals surface area (Å²) in [6, 6.07) is 7.97. The fourth-order valence-corrected chi connectivity index (χ4v) is 4.80. The van der Waals surface area contributed by atoms with Crippen LogP contribution < -0.4 is 4.90 Å². The number of amides is 2.